The molecule has 0 spiro atoms. The third kappa shape index (κ3) is 4.28. The second-order valence-electron chi connectivity index (χ2n) is 5.22. The molecular weight excluding hydrogens is 278 g/mol. The van der Waals surface area contributed by atoms with Crippen molar-refractivity contribution >= 4 is 5.91 Å². The van der Waals surface area contributed by atoms with Gasteiger partial charge < -0.3 is 5.32 Å². The van der Waals surface area contributed by atoms with Crippen molar-refractivity contribution in [2.45, 2.75) is 33.2 Å². The number of nitrogens with one attached hydrogen (secondary N) is 1. The van der Waals surface area contributed by atoms with E-state index in [1.54, 1.807) is 0 Å². The van der Waals surface area contributed by atoms with Gasteiger partial charge in [0.05, 0.1) is 12.7 Å². The van der Waals surface area contributed by atoms with E-state index in [0.717, 1.165) is 23.2 Å². The van der Waals surface area contributed by atoms with Gasteiger partial charge in [-0.05, 0) is 24.5 Å². The van der Waals surface area contributed by atoms with E-state index in [1.807, 2.05) is 38.1 Å². The highest BCUT2D eigenvalue weighted by atomic mass is 16.1. The van der Waals surface area contributed by atoms with Crippen molar-refractivity contribution in [2.24, 2.45) is 0 Å². The van der Waals surface area contributed by atoms with Crippen LogP contribution in [0, 0.1) is 6.92 Å². The Kier molecular flexibility index (Phi) is 5.47. The molecule has 1 aromatic carbocycles. The summed E-state index contributed by atoms with van der Waals surface area (Å²) in [7, 11) is 0. The fourth-order valence-electron chi connectivity index (χ4n) is 2.18. The highest BCUT2D eigenvalue weighted by Crippen LogP contribution is 2.07. The van der Waals surface area contributed by atoms with Gasteiger partial charge in [0.15, 0.2) is 0 Å². The van der Waals surface area contributed by atoms with E-state index < -0.39 is 0 Å². The van der Waals surface area contributed by atoms with E-state index >= 15 is 0 Å². The second-order valence-corrected chi connectivity index (χ2v) is 5.22. The third-order valence-electron chi connectivity index (χ3n) is 3.59. The normalized spacial score (nSPS) is 10.5. The predicted molar refractivity (Wildman–Crippen MR) is 85.8 cm³/mol. The molecule has 1 N–H and O–H groups in total. The van der Waals surface area contributed by atoms with Gasteiger partial charge >= 0.3 is 0 Å². The molecule has 0 bridgehead atoms. The summed E-state index contributed by atoms with van der Waals surface area (Å²) >= 11 is 0. The summed E-state index contributed by atoms with van der Waals surface area (Å²) in [4.78, 5) is 27.9. The maximum Gasteiger partial charge on any atom is 0.253 e. The number of nitrogens with zero attached hydrogens (tertiary/aromatic N) is 2. The zero-order valence-electron chi connectivity index (χ0n) is 13.0. The monoisotopic (exact) mass is 299 g/mol. The number of rotatable bonds is 6. The van der Waals surface area contributed by atoms with Crippen LogP contribution in [0.4, 0.5) is 0 Å². The molecule has 0 aliphatic carbocycles. The van der Waals surface area contributed by atoms with Gasteiger partial charge in [0.2, 0.25) is 5.91 Å². The summed E-state index contributed by atoms with van der Waals surface area (Å²) in [5.74, 6) is -0.0412. The Bertz CT molecular complexity index is 707. The third-order valence-corrected chi connectivity index (χ3v) is 3.59. The SMILES string of the molecule is CCc1cc(=O)n(CCNC(=O)Cc2ccccc2C)cn1. The van der Waals surface area contributed by atoms with Crippen LogP contribution in [0.15, 0.2) is 41.5 Å². The van der Waals surface area contributed by atoms with Crippen molar-refractivity contribution < 1.29 is 4.79 Å². The maximum absolute atomic E-state index is 11.9. The van der Waals surface area contributed by atoms with Crippen molar-refractivity contribution in [2.75, 3.05) is 6.54 Å². The molecule has 0 fully saturated rings. The Labute approximate surface area is 130 Å². The standard InChI is InChI=1S/C17H21N3O2/c1-3-15-11-17(22)20(12-19-15)9-8-18-16(21)10-14-7-5-4-6-13(14)2/h4-7,11-12H,3,8-10H2,1-2H3,(H,18,21). The molecule has 0 aliphatic rings. The van der Waals surface area contributed by atoms with Gasteiger partial charge in [0, 0.05) is 24.8 Å². The van der Waals surface area contributed by atoms with E-state index in [4.69, 9.17) is 0 Å². The Morgan fingerprint density at radius 2 is 2.09 bits per heavy atom. The highest BCUT2D eigenvalue weighted by Gasteiger charge is 2.05. The minimum atomic E-state index is -0.0833. The summed E-state index contributed by atoms with van der Waals surface area (Å²) < 4.78 is 1.51. The number of carbonyl (C=O) groups excluding carboxylic acids is 1. The van der Waals surface area contributed by atoms with Crippen LogP contribution in [0.3, 0.4) is 0 Å². The van der Waals surface area contributed by atoms with Crippen LogP contribution in [-0.4, -0.2) is 22.0 Å². The average Bonchev–Trinajstić information content (AvgIpc) is 2.51. The largest absolute Gasteiger partial charge is 0.354 e. The molecule has 5 heteroatoms. The smallest absolute Gasteiger partial charge is 0.253 e. The summed E-state index contributed by atoms with van der Waals surface area (Å²) in [6.07, 6.45) is 2.63. The Morgan fingerprint density at radius 3 is 2.77 bits per heavy atom. The first kappa shape index (κ1) is 15.9. The predicted octanol–water partition coefficient (Wildman–Crippen LogP) is 1.47. The molecule has 22 heavy (non-hydrogen) atoms. The Morgan fingerprint density at radius 1 is 1.32 bits per heavy atom. The molecule has 1 amide bonds. The van der Waals surface area contributed by atoms with E-state index in [9.17, 15) is 9.59 Å². The number of amides is 1. The Hall–Kier alpha value is -2.43. The lowest BCUT2D eigenvalue weighted by molar-refractivity contribution is -0.120. The van der Waals surface area contributed by atoms with Crippen molar-refractivity contribution in [3.05, 3.63) is 63.8 Å². The quantitative estimate of drug-likeness (QED) is 0.878. The van der Waals surface area contributed by atoms with Gasteiger partial charge in [-0.3, -0.25) is 14.2 Å². The maximum atomic E-state index is 11.9. The molecule has 2 aromatic rings. The molecule has 5 nitrogen and oxygen atoms in total. The first-order valence-corrected chi connectivity index (χ1v) is 7.46. The lowest BCUT2D eigenvalue weighted by Crippen LogP contribution is -2.32. The summed E-state index contributed by atoms with van der Waals surface area (Å²) in [6.45, 7) is 4.79. The topological polar surface area (TPSA) is 64.0 Å². The van der Waals surface area contributed by atoms with Crippen LogP contribution in [0.5, 0.6) is 0 Å². The molecule has 0 aliphatic heterocycles. The summed E-state index contributed by atoms with van der Waals surface area (Å²) in [5.41, 5.74) is 2.82. The van der Waals surface area contributed by atoms with Gasteiger partial charge in [0.25, 0.3) is 5.56 Å². The Balaban J connectivity index is 1.85. The van der Waals surface area contributed by atoms with Crippen molar-refractivity contribution in [3.63, 3.8) is 0 Å². The lowest BCUT2D eigenvalue weighted by atomic mass is 10.1. The molecule has 0 radical (unpaired) electrons. The molecule has 0 saturated carbocycles. The molecule has 0 saturated heterocycles. The van der Waals surface area contributed by atoms with Crippen LogP contribution in [0.1, 0.15) is 23.7 Å². The summed E-state index contributed by atoms with van der Waals surface area (Å²) in [5, 5.41) is 2.84. The molecule has 0 atom stereocenters. The first-order valence-electron chi connectivity index (χ1n) is 7.46. The number of hydrogen-bond donors (Lipinski definition) is 1. The lowest BCUT2D eigenvalue weighted by Gasteiger charge is -2.09. The number of aryl methyl sites for hydroxylation is 2. The molecule has 2 rings (SSSR count). The number of hydrogen-bond acceptors (Lipinski definition) is 3. The van der Waals surface area contributed by atoms with Gasteiger partial charge in [-0.25, -0.2) is 4.98 Å². The van der Waals surface area contributed by atoms with Crippen LogP contribution in [-0.2, 0) is 24.2 Å². The average molecular weight is 299 g/mol. The molecular formula is C17H21N3O2. The summed E-state index contributed by atoms with van der Waals surface area (Å²) in [6, 6.07) is 9.36. The van der Waals surface area contributed by atoms with Crippen molar-refractivity contribution in [3.8, 4) is 0 Å². The van der Waals surface area contributed by atoms with Gasteiger partial charge in [-0.2, -0.15) is 0 Å². The number of aromatic nitrogens is 2. The minimum absolute atomic E-state index is 0.0412. The van der Waals surface area contributed by atoms with Crippen molar-refractivity contribution in [1.82, 2.24) is 14.9 Å². The van der Waals surface area contributed by atoms with Crippen LogP contribution >= 0.6 is 0 Å². The zero-order chi connectivity index (χ0) is 15.9. The van der Waals surface area contributed by atoms with Crippen LogP contribution < -0.4 is 10.9 Å². The fraction of sp³-hybridized carbons (Fsp3) is 0.353. The van der Waals surface area contributed by atoms with Crippen molar-refractivity contribution in [1.29, 1.82) is 0 Å². The highest BCUT2D eigenvalue weighted by molar-refractivity contribution is 5.78. The second kappa shape index (κ2) is 7.54. The fourth-order valence-corrected chi connectivity index (χ4v) is 2.18. The van der Waals surface area contributed by atoms with E-state index in [-0.39, 0.29) is 11.5 Å². The van der Waals surface area contributed by atoms with Gasteiger partial charge in [-0.1, -0.05) is 31.2 Å². The van der Waals surface area contributed by atoms with Crippen LogP contribution in [0.25, 0.3) is 0 Å². The molecule has 1 aromatic heterocycles. The van der Waals surface area contributed by atoms with Gasteiger partial charge in [0.1, 0.15) is 0 Å². The zero-order valence-corrected chi connectivity index (χ0v) is 13.0. The molecule has 1 heterocycles. The minimum Gasteiger partial charge on any atom is -0.354 e. The van der Waals surface area contributed by atoms with E-state index in [1.165, 1.54) is 17.0 Å². The number of benzene rings is 1. The van der Waals surface area contributed by atoms with Crippen LogP contribution in [0.2, 0.25) is 0 Å². The van der Waals surface area contributed by atoms with E-state index in [2.05, 4.69) is 10.3 Å². The molecule has 0 unspecified atom stereocenters. The first-order chi connectivity index (χ1) is 10.6. The van der Waals surface area contributed by atoms with E-state index in [0.29, 0.717) is 19.5 Å². The molecule has 116 valence electrons. The number of carbonyl (C=O) groups is 1. The van der Waals surface area contributed by atoms with Gasteiger partial charge in [-0.15, -0.1) is 0 Å².